The topological polar surface area (TPSA) is 159 Å². The zero-order valence-corrected chi connectivity index (χ0v) is 26.3. The quantitative estimate of drug-likeness (QED) is 0.159. The zero-order valence-electron chi connectivity index (χ0n) is 24.2. The fraction of sp³-hybridized carbons (Fsp3) is 0.481. The normalized spacial score (nSPS) is 24.8. The molecule has 4 rings (SSSR count). The number of aliphatic hydroxyl groups is 3. The van der Waals surface area contributed by atoms with Gasteiger partial charge in [-0.25, -0.2) is 4.79 Å². The van der Waals surface area contributed by atoms with Crippen LogP contribution in [0.1, 0.15) is 22.2 Å². The van der Waals surface area contributed by atoms with Gasteiger partial charge in [-0.2, -0.15) is 0 Å². The van der Waals surface area contributed by atoms with E-state index in [2.05, 4.69) is 0 Å². The van der Waals surface area contributed by atoms with E-state index in [4.69, 9.17) is 48.5 Å². The first kappa shape index (κ1) is 36.6. The van der Waals surface area contributed by atoms with Crippen LogP contribution in [0.2, 0.25) is 0 Å². The van der Waals surface area contributed by atoms with Crippen LogP contribution in [0, 0.1) is 0 Å². The smallest absolute Gasteiger partial charge is 1.00 e. The summed E-state index contributed by atoms with van der Waals surface area (Å²) in [4.78, 5) is 21.8. The van der Waals surface area contributed by atoms with Crippen molar-refractivity contribution in [2.75, 3.05) is 39.6 Å². The number of hydrogen-bond donors (Lipinski definition) is 3. The number of para-hydroxylation sites is 2. The third-order valence-electron chi connectivity index (χ3n) is 5.08. The molecule has 0 spiro atoms. The summed E-state index contributed by atoms with van der Waals surface area (Å²) in [6.07, 6.45) is -1.50. The largest absolute Gasteiger partial charge is 1.00 e. The summed E-state index contributed by atoms with van der Waals surface area (Å²) in [5.74, 6) is -1.23. The molecule has 2 aliphatic heterocycles. The summed E-state index contributed by atoms with van der Waals surface area (Å²) >= 11 is 0. The van der Waals surface area contributed by atoms with Crippen molar-refractivity contribution in [3.8, 4) is 11.5 Å². The van der Waals surface area contributed by atoms with E-state index in [-0.39, 0.29) is 97.9 Å². The van der Waals surface area contributed by atoms with Gasteiger partial charge < -0.3 is 49.9 Å². The molecule has 40 heavy (non-hydrogen) atoms. The number of carbonyl (C=O) groups excluding carboxylic acids is 2. The van der Waals surface area contributed by atoms with Gasteiger partial charge in [-0.3, -0.25) is 4.79 Å². The minimum absolute atomic E-state index is 0. The Hall–Kier alpha value is -1.46. The van der Waals surface area contributed by atoms with Gasteiger partial charge in [0.1, 0.15) is 30.3 Å². The second-order valence-corrected chi connectivity index (χ2v) is 8.75. The standard InChI is InChI=1S/C13H16O6.C8H8O2.C6H12O4.K.H/c1-13(17-8-11(7-14)19-13)9-16-12(15)18-10-5-3-2-4-6-10;1-7(9)10-8-5-3-2-4-6-8;1-6(4-8)9-3-5(2-7)10-6;;/h2-6,11,14H,7-9H2,1H3;2-6H,1H3;5,7-8H,2-4H2,1H3;;/q;;;+1;-1/t11?,13-;;;;/m1..../s1. The Morgan fingerprint density at radius 3 is 1.68 bits per heavy atom. The Morgan fingerprint density at radius 1 is 0.825 bits per heavy atom. The fourth-order valence-corrected chi connectivity index (χ4v) is 3.18. The van der Waals surface area contributed by atoms with Crippen LogP contribution in [0.25, 0.3) is 0 Å². The van der Waals surface area contributed by atoms with Crippen molar-refractivity contribution >= 4 is 12.1 Å². The molecule has 12 nitrogen and oxygen atoms in total. The maximum absolute atomic E-state index is 11.5. The molecule has 0 aliphatic carbocycles. The molecular weight excluding hydrogens is 555 g/mol. The molecule has 218 valence electrons. The maximum Gasteiger partial charge on any atom is 1.00 e. The van der Waals surface area contributed by atoms with Crippen LogP contribution in [0.5, 0.6) is 11.5 Å². The van der Waals surface area contributed by atoms with Crippen molar-refractivity contribution in [2.45, 2.75) is 44.6 Å². The van der Waals surface area contributed by atoms with E-state index in [1.807, 2.05) is 24.3 Å². The molecule has 4 atom stereocenters. The Labute approximate surface area is 277 Å². The first-order valence-electron chi connectivity index (χ1n) is 12.2. The van der Waals surface area contributed by atoms with Gasteiger partial charge in [0.15, 0.2) is 5.79 Å². The SMILES string of the molecule is CC(=O)Oc1ccccc1.CC1(CO)OCC(CO)O1.C[C@@]1(COC(=O)Oc2ccccc2)OCC(CO)O1.[H-].[K+]. The molecule has 2 aliphatic rings. The number of esters is 1. The number of rotatable bonds is 7. The Kier molecular flexibility index (Phi) is 17.2. The van der Waals surface area contributed by atoms with E-state index >= 15 is 0 Å². The molecule has 3 unspecified atom stereocenters. The van der Waals surface area contributed by atoms with Crippen LogP contribution in [-0.2, 0) is 28.5 Å². The number of hydrogen-bond acceptors (Lipinski definition) is 12. The van der Waals surface area contributed by atoms with Gasteiger partial charge in [0.2, 0.25) is 5.79 Å². The van der Waals surface area contributed by atoms with Crippen LogP contribution in [-0.4, -0.2) is 90.9 Å². The van der Waals surface area contributed by atoms with Gasteiger partial charge in [-0.15, -0.1) is 0 Å². The van der Waals surface area contributed by atoms with Crippen LogP contribution >= 0.6 is 0 Å². The average Bonchev–Trinajstić information content (AvgIpc) is 3.52. The summed E-state index contributed by atoms with van der Waals surface area (Å²) in [5, 5.41) is 26.2. The number of ether oxygens (including phenoxy) is 7. The fourth-order valence-electron chi connectivity index (χ4n) is 3.18. The molecule has 2 saturated heterocycles. The van der Waals surface area contributed by atoms with Crippen molar-refractivity contribution in [1.82, 2.24) is 0 Å². The minimum Gasteiger partial charge on any atom is -1.00 e. The van der Waals surface area contributed by atoms with Gasteiger partial charge >= 0.3 is 63.5 Å². The second-order valence-electron chi connectivity index (χ2n) is 8.75. The molecule has 0 aromatic heterocycles. The summed E-state index contributed by atoms with van der Waals surface area (Å²) in [7, 11) is 0. The summed E-state index contributed by atoms with van der Waals surface area (Å²) in [6.45, 7) is 4.81. The molecule has 2 fully saturated rings. The average molecular weight is 593 g/mol. The van der Waals surface area contributed by atoms with E-state index in [0.29, 0.717) is 18.1 Å². The predicted molar refractivity (Wildman–Crippen MR) is 137 cm³/mol. The molecular formula is C27H37KO12. The van der Waals surface area contributed by atoms with Crippen molar-refractivity contribution in [3.05, 3.63) is 60.7 Å². The molecule has 0 radical (unpaired) electrons. The molecule has 0 saturated carbocycles. The molecule has 13 heteroatoms. The monoisotopic (exact) mass is 592 g/mol. The molecule has 2 aromatic rings. The third kappa shape index (κ3) is 13.9. The van der Waals surface area contributed by atoms with E-state index in [0.717, 1.165) is 0 Å². The van der Waals surface area contributed by atoms with Gasteiger partial charge in [0.05, 0.1) is 33.0 Å². The van der Waals surface area contributed by atoms with E-state index in [1.54, 1.807) is 50.2 Å². The van der Waals surface area contributed by atoms with Crippen LogP contribution in [0.4, 0.5) is 4.79 Å². The third-order valence-corrected chi connectivity index (χ3v) is 5.08. The Balaban J connectivity index is 0.000000622. The summed E-state index contributed by atoms with van der Waals surface area (Å²) in [5.41, 5.74) is 0. The van der Waals surface area contributed by atoms with Gasteiger partial charge in [-0.05, 0) is 38.1 Å². The van der Waals surface area contributed by atoms with E-state index < -0.39 is 23.8 Å². The summed E-state index contributed by atoms with van der Waals surface area (Å²) in [6, 6.07) is 17.6. The van der Waals surface area contributed by atoms with E-state index in [9.17, 15) is 9.59 Å². The summed E-state index contributed by atoms with van der Waals surface area (Å²) < 4.78 is 35.6. The number of carbonyl (C=O) groups is 2. The van der Waals surface area contributed by atoms with E-state index in [1.165, 1.54) is 6.92 Å². The van der Waals surface area contributed by atoms with Crippen LogP contribution < -0.4 is 60.9 Å². The number of benzene rings is 2. The van der Waals surface area contributed by atoms with Crippen molar-refractivity contribution in [1.29, 1.82) is 0 Å². The van der Waals surface area contributed by atoms with Gasteiger partial charge in [0, 0.05) is 6.92 Å². The molecule has 0 bridgehead atoms. The molecule has 0 amide bonds. The molecule has 2 heterocycles. The van der Waals surface area contributed by atoms with Crippen molar-refractivity contribution < 1.29 is 111 Å². The van der Waals surface area contributed by atoms with Crippen LogP contribution in [0.3, 0.4) is 0 Å². The first-order chi connectivity index (χ1) is 18.6. The predicted octanol–water partition coefficient (Wildman–Crippen LogP) is -0.843. The first-order valence-corrected chi connectivity index (χ1v) is 12.2. The Bertz CT molecular complexity index is 1000. The van der Waals surface area contributed by atoms with Crippen molar-refractivity contribution in [2.24, 2.45) is 0 Å². The second kappa shape index (κ2) is 18.9. The van der Waals surface area contributed by atoms with Crippen LogP contribution in [0.15, 0.2) is 60.7 Å². The molecule has 3 N–H and O–H groups in total. The van der Waals surface area contributed by atoms with Crippen molar-refractivity contribution in [3.63, 3.8) is 0 Å². The minimum atomic E-state index is -1.04. The van der Waals surface area contributed by atoms with Gasteiger partial charge in [0.25, 0.3) is 0 Å². The Morgan fingerprint density at radius 2 is 1.27 bits per heavy atom. The molecule has 2 aromatic carbocycles. The zero-order chi connectivity index (χ0) is 28.7. The maximum atomic E-state index is 11.5. The number of aliphatic hydroxyl groups excluding tert-OH is 3. The van der Waals surface area contributed by atoms with Gasteiger partial charge in [-0.1, -0.05) is 36.4 Å².